The zero-order chi connectivity index (χ0) is 19.7. The highest BCUT2D eigenvalue weighted by atomic mass is 16.2. The Hall–Kier alpha value is -2.77. The molecule has 8 heteroatoms. The maximum Gasteiger partial charge on any atom is 0.288 e. The van der Waals surface area contributed by atoms with Crippen LogP contribution in [0, 0.1) is 34.6 Å². The second-order valence-corrected chi connectivity index (χ2v) is 7.07. The molecule has 0 radical (unpaired) electrons. The minimum Gasteiger partial charge on any atom is -0.365 e. The SMILES string of the molecule is CNC(=O)c1nc(C)c(C)c(N2CC[C@@H](Nc3nc(C)nc(C)c3C)C2)n1. The molecular weight excluding hydrogens is 342 g/mol. The lowest BCUT2D eigenvalue weighted by molar-refractivity contribution is 0.0952. The highest BCUT2D eigenvalue weighted by Gasteiger charge is 2.27. The second kappa shape index (κ2) is 7.46. The van der Waals surface area contributed by atoms with E-state index in [9.17, 15) is 4.79 Å². The van der Waals surface area contributed by atoms with Crippen molar-refractivity contribution in [2.45, 2.75) is 47.1 Å². The van der Waals surface area contributed by atoms with Crippen LogP contribution >= 0.6 is 0 Å². The highest BCUT2D eigenvalue weighted by molar-refractivity contribution is 5.90. The molecule has 1 aliphatic heterocycles. The Bertz CT molecular complexity index is 881. The first-order chi connectivity index (χ1) is 12.8. The van der Waals surface area contributed by atoms with Crippen molar-refractivity contribution in [2.24, 2.45) is 0 Å². The van der Waals surface area contributed by atoms with Crippen LogP contribution in [0.5, 0.6) is 0 Å². The predicted octanol–water partition coefficient (Wildman–Crippen LogP) is 1.86. The van der Waals surface area contributed by atoms with E-state index in [1.54, 1.807) is 7.05 Å². The van der Waals surface area contributed by atoms with Crippen molar-refractivity contribution in [1.29, 1.82) is 0 Å². The largest absolute Gasteiger partial charge is 0.365 e. The van der Waals surface area contributed by atoms with Crippen molar-refractivity contribution in [3.05, 3.63) is 34.2 Å². The fraction of sp³-hybridized carbons (Fsp3) is 0.526. The molecule has 3 rings (SSSR count). The van der Waals surface area contributed by atoms with Crippen LogP contribution in [-0.2, 0) is 0 Å². The van der Waals surface area contributed by atoms with Crippen LogP contribution in [0.4, 0.5) is 11.6 Å². The lowest BCUT2D eigenvalue weighted by Gasteiger charge is -2.22. The fourth-order valence-electron chi connectivity index (χ4n) is 3.31. The van der Waals surface area contributed by atoms with Gasteiger partial charge in [-0.3, -0.25) is 4.79 Å². The number of rotatable bonds is 4. The standard InChI is InChI=1S/C19H27N7O/c1-10-12(3)21-14(5)23-16(10)24-15-7-8-26(9-15)18-11(2)13(4)22-17(25-18)19(27)20-6/h15H,7-9H2,1-6H3,(H,20,27)(H,21,23,24)/t15-/m1/s1. The third-order valence-corrected chi connectivity index (χ3v) is 5.12. The summed E-state index contributed by atoms with van der Waals surface area (Å²) in [6, 6.07) is 0.260. The first kappa shape index (κ1) is 19.0. The van der Waals surface area contributed by atoms with Crippen LogP contribution in [0.25, 0.3) is 0 Å². The number of carbonyl (C=O) groups is 1. The van der Waals surface area contributed by atoms with Gasteiger partial charge in [0.2, 0.25) is 5.82 Å². The van der Waals surface area contributed by atoms with E-state index in [1.807, 2.05) is 34.6 Å². The molecule has 1 amide bonds. The number of aryl methyl sites for hydroxylation is 3. The summed E-state index contributed by atoms with van der Waals surface area (Å²) in [4.78, 5) is 32.0. The zero-order valence-electron chi connectivity index (χ0n) is 16.8. The Morgan fingerprint density at radius 3 is 2.41 bits per heavy atom. The topological polar surface area (TPSA) is 95.9 Å². The summed E-state index contributed by atoms with van der Waals surface area (Å²) in [6.07, 6.45) is 0.972. The summed E-state index contributed by atoms with van der Waals surface area (Å²) in [5.74, 6) is 2.44. The molecule has 1 fully saturated rings. The first-order valence-electron chi connectivity index (χ1n) is 9.20. The van der Waals surface area contributed by atoms with E-state index in [0.717, 1.165) is 59.5 Å². The minimum absolute atomic E-state index is 0.213. The number of nitrogens with one attached hydrogen (secondary N) is 2. The lowest BCUT2D eigenvalue weighted by Crippen LogP contribution is -2.29. The quantitative estimate of drug-likeness (QED) is 0.849. The molecule has 0 aromatic carbocycles. The molecule has 2 aromatic heterocycles. The number of hydrogen-bond acceptors (Lipinski definition) is 7. The van der Waals surface area contributed by atoms with E-state index >= 15 is 0 Å². The van der Waals surface area contributed by atoms with Gasteiger partial charge in [-0.2, -0.15) is 0 Å². The average molecular weight is 369 g/mol. The van der Waals surface area contributed by atoms with E-state index < -0.39 is 0 Å². The number of hydrogen-bond donors (Lipinski definition) is 2. The van der Waals surface area contributed by atoms with Crippen LogP contribution < -0.4 is 15.5 Å². The fourth-order valence-corrected chi connectivity index (χ4v) is 3.31. The van der Waals surface area contributed by atoms with Crippen LogP contribution in [0.1, 0.15) is 45.4 Å². The van der Waals surface area contributed by atoms with Crippen molar-refractivity contribution in [2.75, 3.05) is 30.4 Å². The molecule has 1 aliphatic rings. The van der Waals surface area contributed by atoms with Gasteiger partial charge in [-0.05, 0) is 41.0 Å². The van der Waals surface area contributed by atoms with E-state index in [0.29, 0.717) is 0 Å². The van der Waals surface area contributed by atoms with E-state index in [1.165, 1.54) is 0 Å². The Balaban J connectivity index is 1.80. The van der Waals surface area contributed by atoms with Crippen LogP contribution in [-0.4, -0.2) is 52.0 Å². The van der Waals surface area contributed by atoms with Gasteiger partial charge >= 0.3 is 0 Å². The molecule has 2 aromatic rings. The molecule has 8 nitrogen and oxygen atoms in total. The van der Waals surface area contributed by atoms with Crippen LogP contribution in [0.2, 0.25) is 0 Å². The van der Waals surface area contributed by atoms with Gasteiger partial charge in [0.1, 0.15) is 17.5 Å². The summed E-state index contributed by atoms with van der Waals surface area (Å²) >= 11 is 0. The number of anilines is 2. The van der Waals surface area contributed by atoms with E-state index in [2.05, 4.69) is 35.5 Å². The molecule has 144 valence electrons. The van der Waals surface area contributed by atoms with Crippen molar-refractivity contribution in [1.82, 2.24) is 25.3 Å². The van der Waals surface area contributed by atoms with Gasteiger partial charge in [0, 0.05) is 48.7 Å². The summed E-state index contributed by atoms with van der Waals surface area (Å²) in [5.41, 5.74) is 3.91. The van der Waals surface area contributed by atoms with E-state index in [-0.39, 0.29) is 17.8 Å². The average Bonchev–Trinajstić information content (AvgIpc) is 3.09. The monoisotopic (exact) mass is 369 g/mol. The number of carbonyl (C=O) groups excluding carboxylic acids is 1. The highest BCUT2D eigenvalue weighted by Crippen LogP contribution is 2.26. The van der Waals surface area contributed by atoms with Gasteiger partial charge in [-0.1, -0.05) is 0 Å². The Kier molecular flexibility index (Phi) is 5.25. The first-order valence-corrected chi connectivity index (χ1v) is 9.20. The molecule has 0 spiro atoms. The molecule has 0 saturated carbocycles. The van der Waals surface area contributed by atoms with Crippen molar-refractivity contribution < 1.29 is 4.79 Å². The lowest BCUT2D eigenvalue weighted by atomic mass is 10.2. The summed E-state index contributed by atoms with van der Waals surface area (Å²) < 4.78 is 0. The molecule has 1 atom stereocenters. The van der Waals surface area contributed by atoms with Crippen molar-refractivity contribution in [3.63, 3.8) is 0 Å². The Morgan fingerprint density at radius 1 is 1.00 bits per heavy atom. The molecule has 3 heterocycles. The third-order valence-electron chi connectivity index (χ3n) is 5.12. The molecule has 27 heavy (non-hydrogen) atoms. The Labute approximate surface area is 159 Å². The van der Waals surface area contributed by atoms with Gasteiger partial charge in [-0.15, -0.1) is 0 Å². The Morgan fingerprint density at radius 2 is 1.70 bits per heavy atom. The van der Waals surface area contributed by atoms with Crippen LogP contribution in [0.3, 0.4) is 0 Å². The normalized spacial score (nSPS) is 16.5. The zero-order valence-corrected chi connectivity index (χ0v) is 16.8. The number of aromatic nitrogens is 4. The number of nitrogens with zero attached hydrogens (tertiary/aromatic N) is 5. The van der Waals surface area contributed by atoms with E-state index in [4.69, 9.17) is 0 Å². The predicted molar refractivity (Wildman–Crippen MR) is 105 cm³/mol. The smallest absolute Gasteiger partial charge is 0.288 e. The maximum atomic E-state index is 12.0. The van der Waals surface area contributed by atoms with Crippen molar-refractivity contribution in [3.8, 4) is 0 Å². The molecule has 0 unspecified atom stereocenters. The van der Waals surface area contributed by atoms with Gasteiger partial charge in [0.25, 0.3) is 5.91 Å². The summed E-state index contributed by atoms with van der Waals surface area (Å²) in [5, 5.41) is 6.15. The molecule has 1 saturated heterocycles. The summed E-state index contributed by atoms with van der Waals surface area (Å²) in [6.45, 7) is 11.5. The van der Waals surface area contributed by atoms with Gasteiger partial charge < -0.3 is 15.5 Å². The molecule has 2 N–H and O–H groups in total. The number of amides is 1. The molecule has 0 aliphatic carbocycles. The maximum absolute atomic E-state index is 12.0. The molecular formula is C19H27N7O. The van der Waals surface area contributed by atoms with Gasteiger partial charge in [0.05, 0.1) is 0 Å². The van der Waals surface area contributed by atoms with Crippen molar-refractivity contribution >= 4 is 17.5 Å². The van der Waals surface area contributed by atoms with Gasteiger partial charge in [-0.25, -0.2) is 19.9 Å². The molecule has 0 bridgehead atoms. The summed E-state index contributed by atoms with van der Waals surface area (Å²) in [7, 11) is 1.59. The second-order valence-electron chi connectivity index (χ2n) is 7.07. The van der Waals surface area contributed by atoms with Crippen LogP contribution in [0.15, 0.2) is 0 Å². The minimum atomic E-state index is -0.268. The van der Waals surface area contributed by atoms with Gasteiger partial charge in [0.15, 0.2) is 0 Å². The third kappa shape index (κ3) is 3.84.